The minimum atomic E-state index is -3.86. The second-order valence-corrected chi connectivity index (χ2v) is 11.0. The summed E-state index contributed by atoms with van der Waals surface area (Å²) in [5, 5.41) is 0. The van der Waals surface area contributed by atoms with E-state index >= 15 is 0 Å². The predicted octanol–water partition coefficient (Wildman–Crippen LogP) is 4.44. The topological polar surface area (TPSA) is 291 Å². The van der Waals surface area contributed by atoms with Crippen molar-refractivity contribution in [1.29, 1.82) is 0 Å². The van der Waals surface area contributed by atoms with Crippen molar-refractivity contribution in [2.75, 3.05) is 13.1 Å². The molecule has 0 atom stereocenters. The van der Waals surface area contributed by atoms with Crippen LogP contribution in [0.25, 0.3) is 41.8 Å². The van der Waals surface area contributed by atoms with Gasteiger partial charge in [-0.25, -0.2) is 4.52 Å². The van der Waals surface area contributed by atoms with Crippen LogP contribution >= 0.6 is 22.5 Å². The van der Waals surface area contributed by atoms with Crippen LogP contribution in [0.3, 0.4) is 0 Å². The van der Waals surface area contributed by atoms with Crippen LogP contribution in [0, 0.1) is 0 Å². The van der Waals surface area contributed by atoms with Crippen molar-refractivity contribution in [1.82, 2.24) is 9.56 Å². The van der Waals surface area contributed by atoms with Crippen LogP contribution < -0.4 is 11.7 Å². The smallest absolute Gasteiger partial charge is 0.256 e. The Morgan fingerprint density at radius 1 is 0.708 bits per heavy atom. The lowest BCUT2D eigenvalue weighted by Crippen LogP contribution is -2.27. The van der Waals surface area contributed by atoms with E-state index in [9.17, 15) is 0 Å². The van der Waals surface area contributed by atoms with Crippen molar-refractivity contribution in [2.45, 2.75) is 0 Å². The molecule has 0 aromatic carbocycles. The van der Waals surface area contributed by atoms with Gasteiger partial charge >= 0.3 is 0 Å². The molecule has 0 radical (unpaired) electrons. The first-order valence-electron chi connectivity index (χ1n) is 5.65. The number of hydrazine groups is 2. The highest BCUT2D eigenvalue weighted by atomic mass is 31.3. The van der Waals surface area contributed by atoms with Crippen molar-refractivity contribution in [2.24, 2.45) is 44.8 Å². The quantitative estimate of drug-likeness (QED) is 0.230. The number of azide groups is 2. The first-order valence-corrected chi connectivity index (χ1v) is 10.4. The molecule has 2 aliphatic heterocycles. The van der Waals surface area contributed by atoms with Gasteiger partial charge in [-0.15, -0.1) is 0 Å². The number of hydrogen-bond acceptors (Lipinski definition) is 11. The summed E-state index contributed by atoms with van der Waals surface area (Å²) in [5.74, 6) is 11.8. The van der Waals surface area contributed by atoms with E-state index in [0.717, 1.165) is 9.56 Å². The Labute approximate surface area is 132 Å². The third-order valence-electron chi connectivity index (χ3n) is 2.61. The van der Waals surface area contributed by atoms with Crippen molar-refractivity contribution in [3.05, 3.63) is 41.8 Å². The fraction of sp³-hybridized carbons (Fsp3) is 1.00. The molecule has 0 aliphatic carbocycles. The van der Waals surface area contributed by atoms with Gasteiger partial charge in [0.15, 0.2) is 0 Å². The van der Waals surface area contributed by atoms with Crippen molar-refractivity contribution < 1.29 is 0 Å². The molecule has 2 heterocycles. The highest BCUT2D eigenvalue weighted by molar-refractivity contribution is 7.84. The molecule has 2 aliphatic rings. The van der Waals surface area contributed by atoms with E-state index in [1.165, 1.54) is 0 Å². The van der Waals surface area contributed by atoms with Crippen LogP contribution in [0.2, 0.25) is 0 Å². The molecule has 126 valence electrons. The average Bonchev–Trinajstić information content (AvgIpc) is 2.76. The van der Waals surface area contributed by atoms with Gasteiger partial charge in [0.1, 0.15) is 0 Å². The Morgan fingerprint density at radius 3 is 1.46 bits per heavy atom. The van der Waals surface area contributed by atoms with E-state index in [1.54, 1.807) is 0 Å². The Morgan fingerprint density at radius 2 is 1.08 bits per heavy atom. The lowest BCUT2D eigenvalue weighted by atomic mass is 10.7. The van der Waals surface area contributed by atoms with Gasteiger partial charge in [0, 0.05) is 32.7 Å². The van der Waals surface area contributed by atoms with Crippen molar-refractivity contribution in [3.8, 4) is 0 Å². The molecule has 0 aromatic heterocycles. The van der Waals surface area contributed by atoms with Gasteiger partial charge in [-0.3, -0.25) is 11.7 Å². The Balaban J connectivity index is 3.10. The Kier molecular flexibility index (Phi) is 5.07. The van der Waals surface area contributed by atoms with E-state index < -0.39 is 22.5 Å². The minimum absolute atomic E-state index is 0.219. The number of nitrogens with two attached hydrogens (primary N) is 2. The van der Waals surface area contributed by atoms with Crippen molar-refractivity contribution >= 4 is 22.5 Å². The number of nitrogens with zero attached hydrogens (tertiary/aromatic N) is 17. The standard InChI is InChI=1S/C2H8N19P3/c3-9-13-22(14-10-4)17-23(15-11-5,16-12-6)19-24(18-22)20(7)1-2-21(24)8/h1-2,7-8H2. The summed E-state index contributed by atoms with van der Waals surface area (Å²) >= 11 is 0. The van der Waals surface area contributed by atoms with Crippen LogP contribution in [-0.4, -0.2) is 22.6 Å². The van der Waals surface area contributed by atoms with Gasteiger partial charge in [0.2, 0.25) is 7.51 Å². The summed E-state index contributed by atoms with van der Waals surface area (Å²) in [7, 11) is -11.1. The van der Waals surface area contributed by atoms with Gasteiger partial charge < -0.3 is 0 Å². The van der Waals surface area contributed by atoms with Crippen LogP contribution in [0.5, 0.6) is 0 Å². The highest BCUT2D eigenvalue weighted by Crippen LogP contribution is 2.82. The van der Waals surface area contributed by atoms with Crippen LogP contribution in [-0.2, 0) is 0 Å². The molecule has 0 aromatic rings. The molecule has 1 fully saturated rings. The van der Waals surface area contributed by atoms with E-state index in [4.69, 9.17) is 33.8 Å². The fourth-order valence-corrected chi connectivity index (χ4v) is 11.3. The largest absolute Gasteiger partial charge is 0.262 e. The molecule has 19 nitrogen and oxygen atoms in total. The normalized spacial score (nSPS) is 31.1. The summed E-state index contributed by atoms with van der Waals surface area (Å²) in [5.41, 5.74) is 35.1. The molecule has 4 N–H and O–H groups in total. The molecule has 0 saturated carbocycles. The second-order valence-electron chi connectivity index (χ2n) is 3.92. The zero-order valence-electron chi connectivity index (χ0n) is 11.5. The maximum Gasteiger partial charge on any atom is 0.256 e. The monoisotopic (exact) mass is 391 g/mol. The van der Waals surface area contributed by atoms with Gasteiger partial charge in [-0.05, 0) is 41.7 Å². The molecular weight excluding hydrogens is 383 g/mol. The minimum Gasteiger partial charge on any atom is -0.262 e. The van der Waals surface area contributed by atoms with E-state index in [1.807, 2.05) is 0 Å². The zero-order valence-corrected chi connectivity index (χ0v) is 14.2. The zero-order chi connectivity index (χ0) is 17.8. The van der Waals surface area contributed by atoms with Gasteiger partial charge in [-0.2, -0.15) is 18.6 Å². The summed E-state index contributed by atoms with van der Waals surface area (Å²) < 4.78 is 14.5. The fourth-order valence-electron chi connectivity index (χ4n) is 1.76. The molecule has 0 bridgehead atoms. The molecule has 22 heteroatoms. The lowest BCUT2D eigenvalue weighted by molar-refractivity contribution is 0.487. The van der Waals surface area contributed by atoms with E-state index in [0.29, 0.717) is 0 Å². The van der Waals surface area contributed by atoms with Gasteiger partial charge in [-0.1, -0.05) is 0 Å². The third-order valence-corrected chi connectivity index (χ3v) is 11.4. The summed E-state index contributed by atoms with van der Waals surface area (Å²) in [6, 6.07) is 0. The second kappa shape index (κ2) is 6.71. The molecule has 24 heavy (non-hydrogen) atoms. The summed E-state index contributed by atoms with van der Waals surface area (Å²) in [4.78, 5) is 23.7. The summed E-state index contributed by atoms with van der Waals surface area (Å²) in [6.45, 7) is 0.437. The van der Waals surface area contributed by atoms with Crippen LogP contribution in [0.1, 0.15) is 0 Å². The first-order chi connectivity index (χ1) is 11.4. The summed E-state index contributed by atoms with van der Waals surface area (Å²) in [6.07, 6.45) is 0. The Hall–Kier alpha value is -2.23. The molecule has 0 amide bonds. The molecule has 1 spiro atoms. The maximum absolute atomic E-state index is 8.78. The Bertz CT molecular complexity index is 811. The van der Waals surface area contributed by atoms with Crippen LogP contribution in [0.4, 0.5) is 0 Å². The average molecular weight is 391 g/mol. The number of rotatable bonds is 4. The van der Waals surface area contributed by atoms with Crippen molar-refractivity contribution in [3.63, 3.8) is 0 Å². The molecule has 0 unspecified atom stereocenters. The third kappa shape index (κ3) is 2.93. The maximum atomic E-state index is 8.78. The van der Waals surface area contributed by atoms with Crippen LogP contribution in [0.15, 0.2) is 33.1 Å². The predicted molar refractivity (Wildman–Crippen MR) is 86.4 cm³/mol. The molecule has 2 rings (SSSR count). The molecular formula is C2H8N19P3. The van der Waals surface area contributed by atoms with E-state index in [2.05, 4.69) is 52.7 Å². The lowest BCUT2D eigenvalue weighted by Gasteiger charge is -2.32. The molecule has 1 saturated heterocycles. The SMILES string of the molecule is [N-]=[N+]=NP1(N=[N+]=[N-])=NP(N=[N+]=[N-])(N=[N+]=[N-])=NP2(=N1)N(N)CCN2N. The first kappa shape index (κ1) is 18.1. The van der Waals surface area contributed by atoms with E-state index in [-0.39, 0.29) is 13.1 Å². The van der Waals surface area contributed by atoms with Gasteiger partial charge in [0.25, 0.3) is 15.0 Å². The number of hydrogen-bond donors (Lipinski definition) is 2. The highest BCUT2D eigenvalue weighted by Gasteiger charge is 2.45. The van der Waals surface area contributed by atoms with Gasteiger partial charge in [0.05, 0.1) is 0 Å².